The molecule has 0 aliphatic heterocycles. The zero-order chi connectivity index (χ0) is 22.9. The summed E-state index contributed by atoms with van der Waals surface area (Å²) in [6, 6.07) is 5.96. The van der Waals surface area contributed by atoms with Gasteiger partial charge in [-0.2, -0.15) is 8.78 Å². The Morgan fingerprint density at radius 2 is 1.88 bits per heavy atom. The Kier molecular flexibility index (Phi) is 8.40. The van der Waals surface area contributed by atoms with Gasteiger partial charge >= 0.3 is 57.3 Å². The number of rotatable bonds is 8. The summed E-state index contributed by atoms with van der Waals surface area (Å²) in [5.41, 5.74) is 5.43. The molecule has 0 saturated heterocycles. The van der Waals surface area contributed by atoms with Gasteiger partial charge in [0.25, 0.3) is 0 Å². The molecule has 0 bridgehead atoms. The van der Waals surface area contributed by atoms with E-state index >= 15 is 0 Å². The van der Waals surface area contributed by atoms with Crippen LogP contribution in [0.3, 0.4) is 0 Å². The molecule has 1 aromatic carbocycles. The van der Waals surface area contributed by atoms with E-state index in [4.69, 9.17) is 10.3 Å². The number of hydrogen-bond acceptors (Lipinski definition) is 7. The molecule has 0 atom stereocenters. The number of aromatic nitrogens is 2. The van der Waals surface area contributed by atoms with E-state index in [0.717, 1.165) is 6.20 Å². The number of carboxylic acid groups (broad SMARTS) is 1. The zero-order valence-electron chi connectivity index (χ0n) is 17.8. The van der Waals surface area contributed by atoms with E-state index in [1.807, 2.05) is 0 Å². The Morgan fingerprint density at radius 1 is 1.25 bits per heavy atom. The van der Waals surface area contributed by atoms with E-state index in [-0.39, 0.29) is 75.3 Å². The van der Waals surface area contributed by atoms with Crippen LogP contribution < -0.4 is 62.2 Å². The molecule has 11 heteroatoms. The van der Waals surface area contributed by atoms with Crippen molar-refractivity contribution in [3.63, 3.8) is 0 Å². The van der Waals surface area contributed by atoms with E-state index < -0.39 is 35.2 Å². The molecule has 0 radical (unpaired) electrons. The molecule has 0 unspecified atom stereocenters. The molecular formula is C21H20F2KN3O5. The van der Waals surface area contributed by atoms with Gasteiger partial charge < -0.3 is 29.8 Å². The number of phenolic OH excluding ortho intramolecular Hbond substituents is 1. The van der Waals surface area contributed by atoms with Gasteiger partial charge in [-0.25, -0.2) is 0 Å². The van der Waals surface area contributed by atoms with E-state index in [1.54, 1.807) is 26.0 Å². The Bertz CT molecular complexity index is 1140. The monoisotopic (exact) mass is 471 g/mol. The Morgan fingerprint density at radius 3 is 2.41 bits per heavy atom. The van der Waals surface area contributed by atoms with Crippen molar-refractivity contribution in [2.45, 2.75) is 39.2 Å². The summed E-state index contributed by atoms with van der Waals surface area (Å²) in [7, 11) is 0. The first kappa shape index (κ1) is 26.2. The Labute approximate surface area is 224 Å². The second-order valence-electron chi connectivity index (χ2n) is 6.92. The van der Waals surface area contributed by atoms with Crippen molar-refractivity contribution in [3.8, 4) is 17.0 Å². The van der Waals surface area contributed by atoms with Crippen molar-refractivity contribution in [1.29, 1.82) is 0 Å². The molecule has 2 aromatic heterocycles. The molecule has 3 rings (SSSR count). The van der Waals surface area contributed by atoms with Gasteiger partial charge in [-0.05, 0) is 37.6 Å². The molecule has 3 N–H and O–H groups in total. The topological polar surface area (TPSA) is 134 Å². The molecule has 164 valence electrons. The van der Waals surface area contributed by atoms with Gasteiger partial charge in [-0.3, -0.25) is 4.79 Å². The maximum atomic E-state index is 14.9. The third-order valence-corrected chi connectivity index (χ3v) is 4.99. The van der Waals surface area contributed by atoms with E-state index in [9.17, 15) is 28.6 Å². The number of carbonyl (C=O) groups is 2. The number of nitrogen functional groups attached to an aromatic ring is 1. The molecule has 2 heterocycles. The van der Waals surface area contributed by atoms with Crippen molar-refractivity contribution in [2.24, 2.45) is 0 Å². The fraction of sp³-hybridized carbons (Fsp3) is 0.286. The number of anilines is 1. The molecule has 32 heavy (non-hydrogen) atoms. The third kappa shape index (κ3) is 4.96. The number of nitrogens with zero attached hydrogens (tertiary/aromatic N) is 2. The first-order valence-corrected chi connectivity index (χ1v) is 9.50. The Balaban J connectivity index is 0.00000363. The van der Waals surface area contributed by atoms with Crippen LogP contribution in [0.5, 0.6) is 5.75 Å². The molecule has 0 saturated carbocycles. The standard InChI is InChI=1S/C21H21F2N3O5.K/c1-3-13-15(31-25-17(13)11-5-7-12(27)8-6-11)9-21(22,23)18(28)14-10-26(4-2)19(24)16(14)20(29)30;/h5-8,10,27H,3-4,9,24H2,1-2H3,(H,29,30);/q;+1/p-1. The van der Waals surface area contributed by atoms with Crippen LogP contribution in [0.1, 0.15) is 45.9 Å². The average Bonchev–Trinajstić information content (AvgIpc) is 3.27. The normalized spacial score (nSPS) is 11.2. The van der Waals surface area contributed by atoms with Crippen LogP contribution >= 0.6 is 0 Å². The number of halogens is 2. The number of aromatic carboxylic acids is 1. The van der Waals surface area contributed by atoms with Crippen LogP contribution in [-0.2, 0) is 19.4 Å². The van der Waals surface area contributed by atoms with Gasteiger partial charge in [0.1, 0.15) is 23.0 Å². The van der Waals surface area contributed by atoms with Crippen LogP contribution in [0.15, 0.2) is 35.0 Å². The number of ketones is 1. The molecule has 0 aliphatic rings. The molecule has 0 aliphatic carbocycles. The number of aromatic hydroxyl groups is 1. The largest absolute Gasteiger partial charge is 1.00 e. The summed E-state index contributed by atoms with van der Waals surface area (Å²) < 4.78 is 36.1. The first-order chi connectivity index (χ1) is 14.6. The Hall–Kier alpha value is -2.05. The van der Waals surface area contributed by atoms with Gasteiger partial charge in [0, 0.05) is 23.9 Å². The molecule has 0 spiro atoms. The summed E-state index contributed by atoms with van der Waals surface area (Å²) in [5, 5.41) is 24.7. The number of alkyl halides is 2. The number of benzene rings is 1. The van der Waals surface area contributed by atoms with E-state index in [2.05, 4.69) is 5.16 Å². The molecule has 0 fully saturated rings. The smallest absolute Gasteiger partial charge is 0.545 e. The number of carboxylic acids is 1. The van der Waals surface area contributed by atoms with Crippen LogP contribution in [0, 0.1) is 0 Å². The SMILES string of the molecule is CCc1c(-c2ccc(O)cc2)noc1CC(F)(F)C(=O)c1cn(CC)c(N)c1C(=O)[O-].[K+]. The van der Waals surface area contributed by atoms with E-state index in [0.29, 0.717) is 23.2 Å². The summed E-state index contributed by atoms with van der Waals surface area (Å²) >= 11 is 0. The third-order valence-electron chi connectivity index (χ3n) is 4.99. The fourth-order valence-corrected chi connectivity index (χ4v) is 3.39. The van der Waals surface area contributed by atoms with Gasteiger partial charge in [-0.15, -0.1) is 0 Å². The number of phenols is 1. The zero-order valence-corrected chi connectivity index (χ0v) is 20.9. The molecular weight excluding hydrogens is 451 g/mol. The second kappa shape index (κ2) is 10.3. The van der Waals surface area contributed by atoms with Crippen LogP contribution in [0.4, 0.5) is 14.6 Å². The molecule has 8 nitrogen and oxygen atoms in total. The van der Waals surface area contributed by atoms with Crippen LogP contribution in [-0.4, -0.2) is 32.5 Å². The first-order valence-electron chi connectivity index (χ1n) is 9.50. The minimum absolute atomic E-state index is 0. The van der Waals surface area contributed by atoms with Crippen molar-refractivity contribution in [3.05, 3.63) is 52.9 Å². The second-order valence-corrected chi connectivity index (χ2v) is 6.92. The molecule has 0 amide bonds. The summed E-state index contributed by atoms with van der Waals surface area (Å²) in [6.45, 7) is 3.52. The maximum Gasteiger partial charge on any atom is 1.00 e. The number of hydrogen-bond donors (Lipinski definition) is 2. The number of nitrogens with two attached hydrogens (primary N) is 1. The maximum absolute atomic E-state index is 14.9. The van der Waals surface area contributed by atoms with E-state index in [1.165, 1.54) is 16.7 Å². The van der Waals surface area contributed by atoms with Gasteiger partial charge in [0.05, 0.1) is 23.5 Å². The summed E-state index contributed by atoms with van der Waals surface area (Å²) in [5.74, 6) is -7.98. The fourth-order valence-electron chi connectivity index (χ4n) is 3.39. The number of aryl methyl sites for hydroxylation is 1. The minimum Gasteiger partial charge on any atom is -0.545 e. The predicted octanol–water partition coefficient (Wildman–Crippen LogP) is -0.559. The summed E-state index contributed by atoms with van der Waals surface area (Å²) in [6.07, 6.45) is 0.173. The number of carbonyl (C=O) groups excluding carboxylic acids is 2. The van der Waals surface area contributed by atoms with Crippen molar-refractivity contribution >= 4 is 17.6 Å². The average molecular weight is 472 g/mol. The number of Topliss-reactive ketones (excluding diaryl/α,β-unsaturated/α-hetero) is 1. The van der Waals surface area contributed by atoms with Crippen LogP contribution in [0.25, 0.3) is 11.3 Å². The van der Waals surface area contributed by atoms with Gasteiger partial charge in [0.15, 0.2) is 0 Å². The summed E-state index contributed by atoms with van der Waals surface area (Å²) in [4.78, 5) is 24.0. The van der Waals surface area contributed by atoms with Gasteiger partial charge in [-0.1, -0.05) is 12.1 Å². The van der Waals surface area contributed by atoms with Crippen molar-refractivity contribution in [1.82, 2.24) is 9.72 Å². The van der Waals surface area contributed by atoms with Crippen molar-refractivity contribution in [2.75, 3.05) is 5.73 Å². The quantitative estimate of drug-likeness (QED) is 0.332. The van der Waals surface area contributed by atoms with Crippen LogP contribution in [0.2, 0.25) is 0 Å². The van der Waals surface area contributed by atoms with Crippen molar-refractivity contribution < 1.29 is 84.5 Å². The minimum atomic E-state index is -3.98. The predicted molar refractivity (Wildman–Crippen MR) is 105 cm³/mol. The molecule has 3 aromatic rings. The van der Waals surface area contributed by atoms with Gasteiger partial charge in [0.2, 0.25) is 5.78 Å².